The number of fused-ring (bicyclic) bond motifs is 1. The Hall–Kier alpha value is -2.73. The van der Waals surface area contributed by atoms with Gasteiger partial charge in [-0.15, -0.1) is 11.3 Å². The summed E-state index contributed by atoms with van der Waals surface area (Å²) in [4.78, 5) is 31.6. The summed E-state index contributed by atoms with van der Waals surface area (Å²) in [7, 11) is 0. The third-order valence-corrected chi connectivity index (χ3v) is 6.19. The van der Waals surface area contributed by atoms with Gasteiger partial charge in [-0.2, -0.15) is 0 Å². The van der Waals surface area contributed by atoms with Crippen LogP contribution in [0.4, 0.5) is 0 Å². The molecule has 1 fully saturated rings. The maximum absolute atomic E-state index is 12.7. The molecule has 4 rings (SSSR count). The number of ether oxygens (including phenoxy) is 1. The number of benzene rings is 2. The van der Waals surface area contributed by atoms with E-state index < -0.39 is 5.97 Å². The molecule has 0 spiro atoms. The van der Waals surface area contributed by atoms with Gasteiger partial charge in [-0.1, -0.05) is 30.3 Å². The molecule has 2 heterocycles. The SMILES string of the molecule is C[C@@H]1CCCCN1C(=O)COC(=O)c1ccccc1-c1nc2ccccc2s1. The Labute approximate surface area is 168 Å². The van der Waals surface area contributed by atoms with Gasteiger partial charge < -0.3 is 9.64 Å². The quantitative estimate of drug-likeness (QED) is 0.611. The highest BCUT2D eigenvalue weighted by atomic mass is 32.1. The summed E-state index contributed by atoms with van der Waals surface area (Å²) in [5.74, 6) is -0.620. The lowest BCUT2D eigenvalue weighted by molar-refractivity contribution is -0.137. The minimum absolute atomic E-state index is 0.127. The van der Waals surface area contributed by atoms with E-state index in [2.05, 4.69) is 4.98 Å². The Balaban J connectivity index is 1.51. The number of aromatic nitrogens is 1. The molecule has 5 nitrogen and oxygen atoms in total. The van der Waals surface area contributed by atoms with Crippen LogP contribution in [-0.4, -0.2) is 41.0 Å². The highest BCUT2D eigenvalue weighted by Gasteiger charge is 2.25. The van der Waals surface area contributed by atoms with Crippen molar-refractivity contribution in [3.05, 3.63) is 54.1 Å². The molecule has 0 N–H and O–H groups in total. The molecule has 3 aromatic rings. The molecular formula is C22H22N2O3S. The molecule has 1 amide bonds. The molecule has 0 unspecified atom stereocenters. The topological polar surface area (TPSA) is 59.5 Å². The summed E-state index contributed by atoms with van der Waals surface area (Å²) in [6.45, 7) is 2.55. The van der Waals surface area contributed by atoms with Gasteiger partial charge in [0.15, 0.2) is 6.61 Å². The summed E-state index contributed by atoms with van der Waals surface area (Å²) in [6, 6.07) is 15.3. The van der Waals surface area contributed by atoms with Gasteiger partial charge in [-0.05, 0) is 44.4 Å². The zero-order chi connectivity index (χ0) is 19.5. The Morgan fingerprint density at radius 3 is 2.75 bits per heavy atom. The zero-order valence-electron chi connectivity index (χ0n) is 15.8. The second-order valence-electron chi connectivity index (χ2n) is 7.04. The van der Waals surface area contributed by atoms with Gasteiger partial charge in [0.2, 0.25) is 0 Å². The van der Waals surface area contributed by atoms with Crippen LogP contribution in [-0.2, 0) is 9.53 Å². The van der Waals surface area contributed by atoms with Crippen LogP contribution in [0, 0.1) is 0 Å². The monoisotopic (exact) mass is 394 g/mol. The number of likely N-dealkylation sites (tertiary alicyclic amines) is 1. The molecule has 1 aromatic heterocycles. The maximum atomic E-state index is 12.7. The Bertz CT molecular complexity index is 981. The number of carbonyl (C=O) groups is 2. The van der Waals surface area contributed by atoms with Gasteiger partial charge in [0.05, 0.1) is 15.8 Å². The number of hydrogen-bond donors (Lipinski definition) is 0. The van der Waals surface area contributed by atoms with Crippen molar-refractivity contribution in [3.63, 3.8) is 0 Å². The van der Waals surface area contributed by atoms with E-state index in [4.69, 9.17) is 4.74 Å². The van der Waals surface area contributed by atoms with Crippen LogP contribution in [0.1, 0.15) is 36.5 Å². The van der Waals surface area contributed by atoms with Crippen LogP contribution in [0.25, 0.3) is 20.8 Å². The van der Waals surface area contributed by atoms with E-state index in [1.54, 1.807) is 12.1 Å². The van der Waals surface area contributed by atoms with E-state index in [0.717, 1.165) is 46.6 Å². The normalized spacial score (nSPS) is 16.9. The van der Waals surface area contributed by atoms with Crippen molar-refractivity contribution in [2.24, 2.45) is 0 Å². The number of nitrogens with zero attached hydrogens (tertiary/aromatic N) is 2. The molecule has 0 bridgehead atoms. The summed E-state index contributed by atoms with van der Waals surface area (Å²) in [5.41, 5.74) is 2.06. The summed E-state index contributed by atoms with van der Waals surface area (Å²) < 4.78 is 6.44. The lowest BCUT2D eigenvalue weighted by atomic mass is 10.0. The Morgan fingerprint density at radius 2 is 1.93 bits per heavy atom. The second-order valence-corrected chi connectivity index (χ2v) is 8.07. The first-order valence-corrected chi connectivity index (χ1v) is 10.4. The number of carbonyl (C=O) groups excluding carboxylic acids is 2. The van der Waals surface area contributed by atoms with Crippen LogP contribution in [0.2, 0.25) is 0 Å². The lowest BCUT2D eigenvalue weighted by Gasteiger charge is -2.33. The summed E-state index contributed by atoms with van der Waals surface area (Å²) >= 11 is 1.54. The first kappa shape index (κ1) is 18.6. The average Bonchev–Trinajstić information content (AvgIpc) is 3.16. The fourth-order valence-electron chi connectivity index (χ4n) is 3.59. The molecule has 0 saturated carbocycles. The van der Waals surface area contributed by atoms with Crippen LogP contribution < -0.4 is 0 Å². The first-order valence-electron chi connectivity index (χ1n) is 9.55. The Kier molecular flexibility index (Phi) is 5.39. The first-order chi connectivity index (χ1) is 13.6. The fraction of sp³-hybridized carbons (Fsp3) is 0.318. The predicted octanol–water partition coefficient (Wildman–Crippen LogP) is 4.52. The fourth-order valence-corrected chi connectivity index (χ4v) is 4.60. The molecule has 0 radical (unpaired) electrons. The van der Waals surface area contributed by atoms with Crippen molar-refractivity contribution >= 4 is 33.4 Å². The molecule has 2 aromatic carbocycles. The van der Waals surface area contributed by atoms with Crippen LogP contribution in [0.3, 0.4) is 0 Å². The van der Waals surface area contributed by atoms with Crippen LogP contribution in [0.15, 0.2) is 48.5 Å². The van der Waals surface area contributed by atoms with Crippen LogP contribution >= 0.6 is 11.3 Å². The maximum Gasteiger partial charge on any atom is 0.339 e. The van der Waals surface area contributed by atoms with Crippen molar-refractivity contribution in [1.82, 2.24) is 9.88 Å². The standard InChI is InChI=1S/C22H22N2O3S/c1-15-8-6-7-13-24(15)20(25)14-27-22(26)17-10-3-2-9-16(17)21-23-18-11-4-5-12-19(18)28-21/h2-5,9-12,15H,6-8,13-14H2,1H3/t15-/m1/s1. The number of thiazole rings is 1. The molecule has 1 aliphatic rings. The third kappa shape index (κ3) is 3.78. The van der Waals surface area contributed by atoms with Crippen molar-refractivity contribution < 1.29 is 14.3 Å². The molecule has 28 heavy (non-hydrogen) atoms. The van der Waals surface area contributed by atoms with Gasteiger partial charge in [-0.25, -0.2) is 9.78 Å². The van der Waals surface area contributed by atoms with Crippen LogP contribution in [0.5, 0.6) is 0 Å². The molecule has 1 aliphatic heterocycles. The number of piperidine rings is 1. The van der Waals surface area contributed by atoms with E-state index >= 15 is 0 Å². The number of para-hydroxylation sites is 1. The molecular weight excluding hydrogens is 372 g/mol. The molecule has 1 atom stereocenters. The van der Waals surface area contributed by atoms with Crippen molar-refractivity contribution in [3.8, 4) is 10.6 Å². The smallest absolute Gasteiger partial charge is 0.339 e. The lowest BCUT2D eigenvalue weighted by Crippen LogP contribution is -2.44. The molecule has 1 saturated heterocycles. The number of rotatable bonds is 4. The minimum atomic E-state index is -0.493. The van der Waals surface area contributed by atoms with Crippen molar-refractivity contribution in [1.29, 1.82) is 0 Å². The highest BCUT2D eigenvalue weighted by Crippen LogP contribution is 2.32. The molecule has 144 valence electrons. The third-order valence-electron chi connectivity index (χ3n) is 5.12. The van der Waals surface area contributed by atoms with Crippen molar-refractivity contribution in [2.45, 2.75) is 32.2 Å². The largest absolute Gasteiger partial charge is 0.452 e. The second kappa shape index (κ2) is 8.10. The van der Waals surface area contributed by atoms with E-state index in [1.165, 1.54) is 11.3 Å². The summed E-state index contributed by atoms with van der Waals surface area (Å²) in [5, 5.41) is 0.768. The predicted molar refractivity (Wildman–Crippen MR) is 110 cm³/mol. The highest BCUT2D eigenvalue weighted by molar-refractivity contribution is 7.21. The van der Waals surface area contributed by atoms with Gasteiger partial charge in [0.25, 0.3) is 5.91 Å². The molecule has 0 aliphatic carbocycles. The van der Waals surface area contributed by atoms with E-state index in [1.807, 2.05) is 48.2 Å². The van der Waals surface area contributed by atoms with E-state index in [9.17, 15) is 9.59 Å². The number of amides is 1. The van der Waals surface area contributed by atoms with E-state index in [0.29, 0.717) is 5.56 Å². The number of hydrogen-bond acceptors (Lipinski definition) is 5. The van der Waals surface area contributed by atoms with Gasteiger partial charge in [0, 0.05) is 18.2 Å². The van der Waals surface area contributed by atoms with E-state index in [-0.39, 0.29) is 18.6 Å². The minimum Gasteiger partial charge on any atom is -0.452 e. The zero-order valence-corrected chi connectivity index (χ0v) is 16.6. The van der Waals surface area contributed by atoms with Crippen molar-refractivity contribution in [2.75, 3.05) is 13.2 Å². The Morgan fingerprint density at radius 1 is 1.14 bits per heavy atom. The van der Waals surface area contributed by atoms with Gasteiger partial charge in [-0.3, -0.25) is 4.79 Å². The summed E-state index contributed by atoms with van der Waals surface area (Å²) in [6.07, 6.45) is 3.14. The number of esters is 1. The van der Waals surface area contributed by atoms with Gasteiger partial charge >= 0.3 is 5.97 Å². The average molecular weight is 394 g/mol. The van der Waals surface area contributed by atoms with Gasteiger partial charge in [0.1, 0.15) is 5.01 Å². The molecule has 6 heteroatoms.